The fourth-order valence-corrected chi connectivity index (χ4v) is 4.36. The fraction of sp³-hybridized carbons (Fsp3) is 0.182. The van der Waals surface area contributed by atoms with Crippen LogP contribution in [0.25, 0.3) is 10.9 Å². The first-order valence-corrected chi connectivity index (χ1v) is 13.7. The number of anilines is 1. The Labute approximate surface area is 249 Å². The third kappa shape index (κ3) is 7.54. The van der Waals surface area contributed by atoms with Gasteiger partial charge in [0.2, 0.25) is 11.7 Å². The van der Waals surface area contributed by atoms with Crippen molar-refractivity contribution < 1.29 is 19.1 Å². The van der Waals surface area contributed by atoms with Gasteiger partial charge in [0, 0.05) is 30.6 Å². The lowest BCUT2D eigenvalue weighted by molar-refractivity contribution is -0.118. The summed E-state index contributed by atoms with van der Waals surface area (Å²) in [5.74, 6) is 7.28. The molecule has 1 aliphatic rings. The molecule has 1 aliphatic heterocycles. The van der Waals surface area contributed by atoms with Gasteiger partial charge in [0.05, 0.1) is 37.4 Å². The summed E-state index contributed by atoms with van der Waals surface area (Å²) in [5.41, 5.74) is 8.66. The second kappa shape index (κ2) is 13.8. The van der Waals surface area contributed by atoms with Crippen molar-refractivity contribution in [3.05, 3.63) is 108 Å². The lowest BCUT2D eigenvalue weighted by Gasteiger charge is -2.16. The third-order valence-corrected chi connectivity index (χ3v) is 6.54. The summed E-state index contributed by atoms with van der Waals surface area (Å²) in [6.07, 6.45) is 4.24. The van der Waals surface area contributed by atoms with Crippen LogP contribution in [-0.4, -0.2) is 51.8 Å². The number of hydrogen-bond donors (Lipinski definition) is 1. The van der Waals surface area contributed by atoms with Gasteiger partial charge in [-0.15, -0.1) is 5.10 Å². The molecule has 0 saturated carbocycles. The lowest BCUT2D eigenvalue weighted by Crippen LogP contribution is -2.25. The van der Waals surface area contributed by atoms with Crippen molar-refractivity contribution in [3.8, 4) is 23.3 Å². The maximum absolute atomic E-state index is 12.0. The molecule has 0 fully saturated rings. The molecule has 2 N–H and O–H groups in total. The van der Waals surface area contributed by atoms with Crippen LogP contribution in [0.3, 0.4) is 0 Å². The van der Waals surface area contributed by atoms with Crippen LogP contribution < -0.4 is 20.1 Å². The molecule has 3 heterocycles. The third-order valence-electron chi connectivity index (χ3n) is 6.54. The zero-order chi connectivity index (χ0) is 30.0. The van der Waals surface area contributed by atoms with E-state index in [9.17, 15) is 9.59 Å². The van der Waals surface area contributed by atoms with Crippen molar-refractivity contribution in [3.63, 3.8) is 0 Å². The molecular weight excluding hydrogens is 544 g/mol. The van der Waals surface area contributed by atoms with Gasteiger partial charge in [0.1, 0.15) is 17.8 Å². The van der Waals surface area contributed by atoms with Crippen molar-refractivity contribution >= 4 is 28.4 Å². The molecule has 0 spiro atoms. The normalized spacial score (nSPS) is 12.1. The molecule has 43 heavy (non-hydrogen) atoms. The van der Waals surface area contributed by atoms with Crippen LogP contribution >= 0.6 is 0 Å². The number of pyridine rings is 1. The monoisotopic (exact) mass is 574 g/mol. The maximum atomic E-state index is 12.0. The van der Waals surface area contributed by atoms with E-state index in [1.807, 2.05) is 78.9 Å². The number of benzene rings is 3. The van der Waals surface area contributed by atoms with E-state index in [0.29, 0.717) is 38.3 Å². The molecule has 3 aromatic carbocycles. The predicted molar refractivity (Wildman–Crippen MR) is 163 cm³/mol. The molecule has 5 aromatic rings. The Balaban J connectivity index is 0.000000207. The van der Waals surface area contributed by atoms with Crippen LogP contribution in [0.15, 0.2) is 91.4 Å². The molecule has 2 aromatic heterocycles. The zero-order valence-electron chi connectivity index (χ0n) is 23.6. The molecule has 10 nitrogen and oxygen atoms in total. The Bertz CT molecular complexity index is 1790. The SMILES string of the molecule is CN1C(=O)CCOc2ccc(C#CCCOc3cccc4ncccc34)cc21.NC(=O)c1ncn(Cc2ccccc2)n1. The second-order valence-electron chi connectivity index (χ2n) is 9.58. The molecular formula is C33H30N6O4. The number of amides is 2. The topological polar surface area (TPSA) is 125 Å². The first kappa shape index (κ1) is 28.8. The van der Waals surface area contributed by atoms with Gasteiger partial charge >= 0.3 is 0 Å². The molecule has 216 valence electrons. The Morgan fingerprint density at radius 1 is 1.05 bits per heavy atom. The lowest BCUT2D eigenvalue weighted by atomic mass is 10.1. The summed E-state index contributed by atoms with van der Waals surface area (Å²) in [7, 11) is 1.76. The van der Waals surface area contributed by atoms with Gasteiger partial charge in [-0.2, -0.15) is 0 Å². The number of fused-ring (bicyclic) bond motifs is 2. The van der Waals surface area contributed by atoms with Crippen molar-refractivity contribution in [2.45, 2.75) is 19.4 Å². The number of ether oxygens (including phenoxy) is 2. The van der Waals surface area contributed by atoms with E-state index < -0.39 is 5.91 Å². The number of carbonyl (C=O) groups is 2. The summed E-state index contributed by atoms with van der Waals surface area (Å²) in [6, 6.07) is 25.2. The van der Waals surface area contributed by atoms with Crippen molar-refractivity contribution in [2.75, 3.05) is 25.2 Å². The molecule has 6 rings (SSSR count). The first-order valence-electron chi connectivity index (χ1n) is 13.7. The Hall–Kier alpha value is -5.69. The summed E-state index contributed by atoms with van der Waals surface area (Å²) >= 11 is 0. The second-order valence-corrected chi connectivity index (χ2v) is 9.58. The van der Waals surface area contributed by atoms with Crippen molar-refractivity contribution in [2.24, 2.45) is 5.73 Å². The quantitative estimate of drug-likeness (QED) is 0.238. The summed E-state index contributed by atoms with van der Waals surface area (Å²) < 4.78 is 13.1. The molecule has 0 bridgehead atoms. The summed E-state index contributed by atoms with van der Waals surface area (Å²) in [5, 5.41) is 4.93. The summed E-state index contributed by atoms with van der Waals surface area (Å²) in [4.78, 5) is 32.5. The van der Waals surface area contributed by atoms with Crippen LogP contribution in [0.5, 0.6) is 11.5 Å². The van der Waals surface area contributed by atoms with Gasteiger partial charge in [0.15, 0.2) is 0 Å². The Kier molecular flexibility index (Phi) is 9.24. The molecule has 0 atom stereocenters. The van der Waals surface area contributed by atoms with Crippen LogP contribution in [-0.2, 0) is 11.3 Å². The maximum Gasteiger partial charge on any atom is 0.288 e. The smallest absolute Gasteiger partial charge is 0.288 e. The average molecular weight is 575 g/mol. The highest BCUT2D eigenvalue weighted by Crippen LogP contribution is 2.31. The van der Waals surface area contributed by atoms with E-state index in [1.165, 1.54) is 6.33 Å². The fourth-order valence-electron chi connectivity index (χ4n) is 4.36. The largest absolute Gasteiger partial charge is 0.492 e. The molecule has 2 amide bonds. The average Bonchev–Trinajstić information content (AvgIpc) is 3.45. The van der Waals surface area contributed by atoms with E-state index in [-0.39, 0.29) is 11.7 Å². The predicted octanol–water partition coefficient (Wildman–Crippen LogP) is 4.23. The number of primary amides is 1. The number of nitrogens with two attached hydrogens (primary N) is 1. The Morgan fingerprint density at radius 2 is 1.91 bits per heavy atom. The van der Waals surface area contributed by atoms with Crippen LogP contribution in [0, 0.1) is 11.8 Å². The van der Waals surface area contributed by atoms with Crippen LogP contribution in [0.1, 0.15) is 34.6 Å². The molecule has 0 aliphatic carbocycles. The van der Waals surface area contributed by atoms with E-state index in [2.05, 4.69) is 26.9 Å². The van der Waals surface area contributed by atoms with E-state index in [1.54, 1.807) is 22.8 Å². The van der Waals surface area contributed by atoms with E-state index in [4.69, 9.17) is 15.2 Å². The number of nitrogens with zero attached hydrogens (tertiary/aromatic N) is 5. The molecule has 10 heteroatoms. The number of rotatable bonds is 6. The number of carbonyl (C=O) groups excluding carboxylic acids is 2. The zero-order valence-corrected chi connectivity index (χ0v) is 23.6. The number of hydrogen-bond acceptors (Lipinski definition) is 7. The Morgan fingerprint density at radius 3 is 2.72 bits per heavy atom. The minimum atomic E-state index is -0.609. The van der Waals surface area contributed by atoms with Gasteiger partial charge in [-0.25, -0.2) is 9.67 Å². The van der Waals surface area contributed by atoms with Gasteiger partial charge in [-0.3, -0.25) is 14.6 Å². The highest BCUT2D eigenvalue weighted by Gasteiger charge is 2.19. The van der Waals surface area contributed by atoms with Crippen molar-refractivity contribution in [1.29, 1.82) is 0 Å². The van der Waals surface area contributed by atoms with Crippen LogP contribution in [0.4, 0.5) is 5.69 Å². The molecule has 0 unspecified atom stereocenters. The summed E-state index contributed by atoms with van der Waals surface area (Å²) in [6.45, 7) is 1.48. The van der Waals surface area contributed by atoms with E-state index >= 15 is 0 Å². The highest BCUT2D eigenvalue weighted by molar-refractivity contribution is 5.95. The highest BCUT2D eigenvalue weighted by atomic mass is 16.5. The van der Waals surface area contributed by atoms with Gasteiger partial charge < -0.3 is 20.1 Å². The molecule has 0 radical (unpaired) electrons. The standard InChI is InChI=1S/C23H20N2O3.C10H10N4O/c1-25-20-16-17(10-11-22(20)28-15-12-23(25)26)6-2-3-14-27-21-9-4-8-19-18(21)7-5-13-24-19;11-9(15)10-12-7-14(13-10)6-8-4-2-1-3-5-8/h4-5,7-11,13,16H,3,12,14-15H2,1H3;1-5,7H,6H2,(H2,11,15). The minimum absolute atomic E-state index is 0.0434. The minimum Gasteiger partial charge on any atom is -0.492 e. The van der Waals surface area contributed by atoms with E-state index in [0.717, 1.165) is 33.5 Å². The first-order chi connectivity index (χ1) is 21.0. The van der Waals surface area contributed by atoms with Gasteiger partial charge in [0.25, 0.3) is 5.91 Å². The van der Waals surface area contributed by atoms with Crippen molar-refractivity contribution in [1.82, 2.24) is 19.7 Å². The van der Waals surface area contributed by atoms with Gasteiger partial charge in [-0.1, -0.05) is 48.2 Å². The molecule has 0 saturated heterocycles. The van der Waals surface area contributed by atoms with Crippen LogP contribution in [0.2, 0.25) is 0 Å². The number of aromatic nitrogens is 4. The van der Waals surface area contributed by atoms with Gasteiger partial charge in [-0.05, 0) is 48.0 Å².